The molecule has 0 radical (unpaired) electrons. The molecule has 1 aromatic carbocycles. The molecule has 0 saturated carbocycles. The highest BCUT2D eigenvalue weighted by Crippen LogP contribution is 2.24. The lowest BCUT2D eigenvalue weighted by Gasteiger charge is -2.14. The normalized spacial score (nSPS) is 11.1. The summed E-state index contributed by atoms with van der Waals surface area (Å²) in [5.74, 6) is 2.27. The number of hydrogen-bond acceptors (Lipinski definition) is 1. The van der Waals surface area contributed by atoms with Gasteiger partial charge in [-0.25, -0.2) is 0 Å². The van der Waals surface area contributed by atoms with E-state index in [1.807, 2.05) is 0 Å². The smallest absolute Gasteiger partial charge is 0.119 e. The van der Waals surface area contributed by atoms with Gasteiger partial charge in [-0.2, -0.15) is 0 Å². The third-order valence-electron chi connectivity index (χ3n) is 2.92. The largest absolute Gasteiger partial charge is 0.493 e. The van der Waals surface area contributed by atoms with Gasteiger partial charge in [-0.05, 0) is 42.4 Å². The van der Waals surface area contributed by atoms with E-state index >= 15 is 0 Å². The Labute approximate surface area is 99.8 Å². The van der Waals surface area contributed by atoms with Crippen molar-refractivity contribution in [3.8, 4) is 5.75 Å². The molecule has 16 heavy (non-hydrogen) atoms. The van der Waals surface area contributed by atoms with Crippen molar-refractivity contribution in [2.24, 2.45) is 5.92 Å². The molecule has 0 N–H and O–H groups in total. The molecular formula is C15H24O. The lowest BCUT2D eigenvalue weighted by Crippen LogP contribution is -2.04. The standard InChI is InChI=1S/C15H24O/c1-5-13(6-2)14-7-9-15(10-8-14)16-11-12(3)4/h7-10,12-13H,5-6,11H2,1-4H3. The summed E-state index contributed by atoms with van der Waals surface area (Å²) in [5, 5.41) is 0. The Morgan fingerprint density at radius 2 is 1.56 bits per heavy atom. The first-order valence-corrected chi connectivity index (χ1v) is 6.40. The lowest BCUT2D eigenvalue weighted by atomic mass is 9.94. The molecular weight excluding hydrogens is 196 g/mol. The third-order valence-corrected chi connectivity index (χ3v) is 2.92. The van der Waals surface area contributed by atoms with Crippen LogP contribution in [0.25, 0.3) is 0 Å². The highest BCUT2D eigenvalue weighted by molar-refractivity contribution is 5.29. The van der Waals surface area contributed by atoms with Crippen LogP contribution in [0.1, 0.15) is 52.0 Å². The van der Waals surface area contributed by atoms with E-state index in [9.17, 15) is 0 Å². The molecule has 0 saturated heterocycles. The predicted octanol–water partition coefficient (Wildman–Crippen LogP) is 4.63. The van der Waals surface area contributed by atoms with Crippen LogP contribution in [-0.2, 0) is 0 Å². The number of rotatable bonds is 6. The van der Waals surface area contributed by atoms with Crippen LogP contribution in [0.4, 0.5) is 0 Å². The lowest BCUT2D eigenvalue weighted by molar-refractivity contribution is 0.271. The van der Waals surface area contributed by atoms with Gasteiger partial charge < -0.3 is 4.74 Å². The Kier molecular flexibility index (Phi) is 5.37. The SMILES string of the molecule is CCC(CC)c1ccc(OCC(C)C)cc1. The Balaban J connectivity index is 2.60. The summed E-state index contributed by atoms with van der Waals surface area (Å²) in [4.78, 5) is 0. The Morgan fingerprint density at radius 3 is 2.00 bits per heavy atom. The van der Waals surface area contributed by atoms with Crippen LogP contribution in [0.3, 0.4) is 0 Å². The van der Waals surface area contributed by atoms with Gasteiger partial charge in [0.05, 0.1) is 6.61 Å². The van der Waals surface area contributed by atoms with E-state index in [2.05, 4.69) is 52.0 Å². The van der Waals surface area contributed by atoms with E-state index in [4.69, 9.17) is 4.74 Å². The van der Waals surface area contributed by atoms with E-state index in [0.717, 1.165) is 12.4 Å². The van der Waals surface area contributed by atoms with Crippen LogP contribution in [0.15, 0.2) is 24.3 Å². The molecule has 0 aliphatic heterocycles. The van der Waals surface area contributed by atoms with Crippen molar-refractivity contribution < 1.29 is 4.74 Å². The molecule has 1 aromatic rings. The van der Waals surface area contributed by atoms with Crippen molar-refractivity contribution in [3.63, 3.8) is 0 Å². The summed E-state index contributed by atoms with van der Waals surface area (Å²) in [6, 6.07) is 8.59. The van der Waals surface area contributed by atoms with Gasteiger partial charge in [0.25, 0.3) is 0 Å². The van der Waals surface area contributed by atoms with Crippen LogP contribution >= 0.6 is 0 Å². The average Bonchev–Trinajstić information content (AvgIpc) is 2.29. The fourth-order valence-corrected chi connectivity index (χ4v) is 1.86. The second kappa shape index (κ2) is 6.57. The zero-order valence-electron chi connectivity index (χ0n) is 11.0. The first-order valence-electron chi connectivity index (χ1n) is 6.40. The zero-order valence-corrected chi connectivity index (χ0v) is 11.0. The molecule has 0 unspecified atom stereocenters. The maximum Gasteiger partial charge on any atom is 0.119 e. The average molecular weight is 220 g/mol. The minimum Gasteiger partial charge on any atom is -0.493 e. The predicted molar refractivity (Wildman–Crippen MR) is 70.1 cm³/mol. The Bertz CT molecular complexity index is 283. The minimum atomic E-state index is 0.582. The van der Waals surface area contributed by atoms with Crippen molar-refractivity contribution in [2.75, 3.05) is 6.61 Å². The second-order valence-corrected chi connectivity index (χ2v) is 4.79. The van der Waals surface area contributed by atoms with Gasteiger partial charge in [-0.3, -0.25) is 0 Å². The summed E-state index contributed by atoms with van der Waals surface area (Å²) in [7, 11) is 0. The molecule has 0 atom stereocenters. The van der Waals surface area contributed by atoms with Crippen molar-refractivity contribution in [1.82, 2.24) is 0 Å². The molecule has 1 heteroatoms. The Hall–Kier alpha value is -0.980. The van der Waals surface area contributed by atoms with E-state index in [-0.39, 0.29) is 0 Å². The number of hydrogen-bond donors (Lipinski definition) is 0. The highest BCUT2D eigenvalue weighted by atomic mass is 16.5. The zero-order chi connectivity index (χ0) is 12.0. The summed E-state index contributed by atoms with van der Waals surface area (Å²) in [6.07, 6.45) is 2.42. The summed E-state index contributed by atoms with van der Waals surface area (Å²) < 4.78 is 5.67. The molecule has 1 nitrogen and oxygen atoms in total. The minimum absolute atomic E-state index is 0.582. The van der Waals surface area contributed by atoms with Gasteiger partial charge >= 0.3 is 0 Å². The van der Waals surface area contributed by atoms with Crippen molar-refractivity contribution in [1.29, 1.82) is 0 Å². The van der Waals surface area contributed by atoms with Crippen molar-refractivity contribution >= 4 is 0 Å². The molecule has 0 amide bonds. The van der Waals surface area contributed by atoms with Crippen LogP contribution < -0.4 is 4.74 Å². The number of ether oxygens (including phenoxy) is 1. The monoisotopic (exact) mass is 220 g/mol. The van der Waals surface area contributed by atoms with E-state index in [0.29, 0.717) is 11.8 Å². The number of benzene rings is 1. The maximum atomic E-state index is 5.67. The molecule has 0 bridgehead atoms. The molecule has 1 rings (SSSR count). The van der Waals surface area contributed by atoms with Gasteiger partial charge in [0.15, 0.2) is 0 Å². The summed E-state index contributed by atoms with van der Waals surface area (Å²) in [6.45, 7) is 9.62. The highest BCUT2D eigenvalue weighted by Gasteiger charge is 2.06. The van der Waals surface area contributed by atoms with Crippen LogP contribution in [0.2, 0.25) is 0 Å². The summed E-state index contributed by atoms with van der Waals surface area (Å²) >= 11 is 0. The fraction of sp³-hybridized carbons (Fsp3) is 0.600. The molecule has 0 aromatic heterocycles. The van der Waals surface area contributed by atoms with Gasteiger partial charge in [0.2, 0.25) is 0 Å². The van der Waals surface area contributed by atoms with Gasteiger partial charge in [-0.15, -0.1) is 0 Å². The molecule has 90 valence electrons. The van der Waals surface area contributed by atoms with Crippen molar-refractivity contribution in [2.45, 2.75) is 46.5 Å². The van der Waals surface area contributed by atoms with Gasteiger partial charge in [0.1, 0.15) is 5.75 Å². The van der Waals surface area contributed by atoms with Gasteiger partial charge in [0, 0.05) is 0 Å². The van der Waals surface area contributed by atoms with E-state index in [1.165, 1.54) is 18.4 Å². The van der Waals surface area contributed by atoms with E-state index in [1.54, 1.807) is 0 Å². The fourth-order valence-electron chi connectivity index (χ4n) is 1.86. The molecule has 0 aliphatic rings. The first-order chi connectivity index (χ1) is 7.67. The first kappa shape index (κ1) is 13.1. The van der Waals surface area contributed by atoms with Gasteiger partial charge in [-0.1, -0.05) is 39.8 Å². The Morgan fingerprint density at radius 1 is 1.00 bits per heavy atom. The summed E-state index contributed by atoms with van der Waals surface area (Å²) in [5.41, 5.74) is 1.43. The van der Waals surface area contributed by atoms with Crippen molar-refractivity contribution in [3.05, 3.63) is 29.8 Å². The molecule has 0 heterocycles. The van der Waals surface area contributed by atoms with Crippen LogP contribution in [0.5, 0.6) is 5.75 Å². The van der Waals surface area contributed by atoms with Crippen LogP contribution in [-0.4, -0.2) is 6.61 Å². The topological polar surface area (TPSA) is 9.23 Å². The molecule has 0 fully saturated rings. The third kappa shape index (κ3) is 3.88. The van der Waals surface area contributed by atoms with Crippen LogP contribution in [0, 0.1) is 5.92 Å². The van der Waals surface area contributed by atoms with E-state index < -0.39 is 0 Å². The molecule has 0 aliphatic carbocycles. The molecule has 0 spiro atoms. The quantitative estimate of drug-likeness (QED) is 0.679. The second-order valence-electron chi connectivity index (χ2n) is 4.79. The maximum absolute atomic E-state index is 5.67.